The summed E-state index contributed by atoms with van der Waals surface area (Å²) >= 11 is 0. The van der Waals surface area contributed by atoms with Crippen LogP contribution >= 0.6 is 0 Å². The maximum Gasteiger partial charge on any atom is 0.186 e. The van der Waals surface area contributed by atoms with Crippen LogP contribution in [-0.2, 0) is 6.54 Å². The standard InChI is InChI=1S/C30H35N3O/c1-23-9-5-7-11-28(23)26-19-24(20-27(21-26)33-17-15-32(4)16-18-33)13-14-30(34)29-12-8-6-10-25(29)22-31(2)3/h5-14,19-21H,15-18,22H2,1-4H3/b14-13+. The molecule has 4 nitrogen and oxygen atoms in total. The molecule has 0 atom stereocenters. The van der Waals surface area contributed by atoms with Crippen molar-refractivity contribution in [3.8, 4) is 11.1 Å². The largest absolute Gasteiger partial charge is 0.369 e. The monoisotopic (exact) mass is 453 g/mol. The molecule has 0 N–H and O–H groups in total. The molecule has 1 saturated heterocycles. The zero-order valence-corrected chi connectivity index (χ0v) is 20.8. The Bertz CT molecular complexity index is 1170. The minimum absolute atomic E-state index is 0.0416. The molecule has 1 aliphatic heterocycles. The molecule has 4 heteroatoms. The number of carbonyl (C=O) groups is 1. The third kappa shape index (κ3) is 5.82. The second-order valence-corrected chi connectivity index (χ2v) is 9.51. The number of hydrogen-bond donors (Lipinski definition) is 0. The molecule has 1 fully saturated rings. The SMILES string of the molecule is Cc1ccccc1-c1cc(/C=C/C(=O)c2ccccc2CN(C)C)cc(N2CCN(C)CC2)c1. The van der Waals surface area contributed by atoms with Gasteiger partial charge in [0.25, 0.3) is 0 Å². The van der Waals surface area contributed by atoms with Gasteiger partial charge in [-0.25, -0.2) is 0 Å². The van der Waals surface area contributed by atoms with Gasteiger partial charge in [0.05, 0.1) is 0 Å². The van der Waals surface area contributed by atoms with Gasteiger partial charge in [-0.2, -0.15) is 0 Å². The van der Waals surface area contributed by atoms with Crippen LogP contribution in [0.15, 0.2) is 72.8 Å². The Kier molecular flexibility index (Phi) is 7.61. The average molecular weight is 454 g/mol. The highest BCUT2D eigenvalue weighted by Crippen LogP contribution is 2.30. The zero-order chi connectivity index (χ0) is 24.1. The number of hydrogen-bond acceptors (Lipinski definition) is 4. The molecule has 1 heterocycles. The number of carbonyl (C=O) groups excluding carboxylic acids is 1. The fraction of sp³-hybridized carbons (Fsp3) is 0.300. The van der Waals surface area contributed by atoms with Crippen LogP contribution < -0.4 is 4.90 Å². The Balaban J connectivity index is 1.68. The van der Waals surface area contributed by atoms with Crippen LogP contribution in [0.4, 0.5) is 5.69 Å². The number of anilines is 1. The van der Waals surface area contributed by atoms with E-state index in [2.05, 4.69) is 71.1 Å². The second-order valence-electron chi connectivity index (χ2n) is 9.51. The lowest BCUT2D eigenvalue weighted by Crippen LogP contribution is -2.44. The summed E-state index contributed by atoms with van der Waals surface area (Å²) in [7, 11) is 6.22. The summed E-state index contributed by atoms with van der Waals surface area (Å²) in [6.07, 6.45) is 3.69. The van der Waals surface area contributed by atoms with E-state index in [4.69, 9.17) is 0 Å². The topological polar surface area (TPSA) is 26.8 Å². The van der Waals surface area contributed by atoms with Crippen molar-refractivity contribution in [1.29, 1.82) is 0 Å². The van der Waals surface area contributed by atoms with Crippen LogP contribution in [0.3, 0.4) is 0 Å². The first kappa shape index (κ1) is 23.9. The van der Waals surface area contributed by atoms with Crippen LogP contribution in [0, 0.1) is 6.92 Å². The van der Waals surface area contributed by atoms with Gasteiger partial charge < -0.3 is 14.7 Å². The van der Waals surface area contributed by atoms with E-state index in [1.54, 1.807) is 6.08 Å². The quantitative estimate of drug-likeness (QED) is 0.355. The van der Waals surface area contributed by atoms with E-state index in [1.165, 1.54) is 22.4 Å². The predicted octanol–water partition coefficient (Wildman–Crippen LogP) is 5.37. The number of benzene rings is 3. The Morgan fingerprint density at radius 1 is 0.941 bits per heavy atom. The van der Waals surface area contributed by atoms with Crippen LogP contribution in [0.1, 0.15) is 27.0 Å². The molecule has 3 aromatic rings. The number of ketones is 1. The van der Waals surface area contributed by atoms with Crippen molar-refractivity contribution in [2.24, 2.45) is 0 Å². The van der Waals surface area contributed by atoms with Crippen LogP contribution in [0.5, 0.6) is 0 Å². The lowest BCUT2D eigenvalue weighted by atomic mass is 9.97. The number of likely N-dealkylation sites (N-methyl/N-ethyl adjacent to an activating group) is 1. The fourth-order valence-electron chi connectivity index (χ4n) is 4.53. The van der Waals surface area contributed by atoms with Gasteiger partial charge >= 0.3 is 0 Å². The highest BCUT2D eigenvalue weighted by Gasteiger charge is 2.16. The normalized spacial score (nSPS) is 14.8. The highest BCUT2D eigenvalue weighted by atomic mass is 16.1. The summed E-state index contributed by atoms with van der Waals surface area (Å²) in [6.45, 7) is 7.02. The molecule has 1 aliphatic rings. The lowest BCUT2D eigenvalue weighted by molar-refractivity contribution is 0.104. The van der Waals surface area contributed by atoms with Gasteiger partial charge in [0.2, 0.25) is 0 Å². The van der Waals surface area contributed by atoms with E-state index in [0.29, 0.717) is 0 Å². The van der Waals surface area contributed by atoms with Crippen LogP contribution in [-0.4, -0.2) is 62.9 Å². The number of allylic oxidation sites excluding steroid dienone is 1. The van der Waals surface area contributed by atoms with E-state index in [0.717, 1.165) is 49.4 Å². The molecule has 0 spiro atoms. The maximum atomic E-state index is 13.1. The summed E-state index contributed by atoms with van der Waals surface area (Å²) in [4.78, 5) is 20.0. The minimum Gasteiger partial charge on any atom is -0.369 e. The second kappa shape index (κ2) is 10.8. The third-order valence-electron chi connectivity index (χ3n) is 6.46. The van der Waals surface area contributed by atoms with Gasteiger partial charge in [0.15, 0.2) is 5.78 Å². The Morgan fingerprint density at radius 2 is 1.65 bits per heavy atom. The van der Waals surface area contributed by atoms with Gasteiger partial charge in [0.1, 0.15) is 0 Å². The molecule has 0 saturated carbocycles. The third-order valence-corrected chi connectivity index (χ3v) is 6.46. The number of aryl methyl sites for hydroxylation is 1. The molecular weight excluding hydrogens is 418 g/mol. The molecule has 0 aromatic heterocycles. The molecule has 3 aromatic carbocycles. The van der Waals surface area contributed by atoms with Crippen LogP contribution in [0.2, 0.25) is 0 Å². The summed E-state index contributed by atoms with van der Waals surface area (Å²) in [6, 6.07) is 23.1. The Morgan fingerprint density at radius 3 is 2.38 bits per heavy atom. The highest BCUT2D eigenvalue weighted by molar-refractivity contribution is 6.07. The van der Waals surface area contributed by atoms with Crippen LogP contribution in [0.25, 0.3) is 17.2 Å². The first-order chi connectivity index (χ1) is 16.4. The molecular formula is C30H35N3O. The Hall–Kier alpha value is -3.21. The van der Waals surface area contributed by atoms with Gasteiger partial charge in [-0.05, 0) is 80.2 Å². The van der Waals surface area contributed by atoms with Crippen molar-refractivity contribution in [2.45, 2.75) is 13.5 Å². The molecule has 34 heavy (non-hydrogen) atoms. The van der Waals surface area contributed by atoms with E-state index in [9.17, 15) is 4.79 Å². The fourth-order valence-corrected chi connectivity index (χ4v) is 4.53. The smallest absolute Gasteiger partial charge is 0.186 e. The summed E-state index contributed by atoms with van der Waals surface area (Å²) in [5, 5.41) is 0. The number of nitrogens with zero attached hydrogens (tertiary/aromatic N) is 3. The summed E-state index contributed by atoms with van der Waals surface area (Å²) in [5.41, 5.74) is 7.75. The average Bonchev–Trinajstić information content (AvgIpc) is 2.83. The Labute approximate surface area is 204 Å². The predicted molar refractivity (Wildman–Crippen MR) is 144 cm³/mol. The number of rotatable bonds is 7. The summed E-state index contributed by atoms with van der Waals surface area (Å²) < 4.78 is 0. The van der Waals surface area contributed by atoms with Crippen molar-refractivity contribution in [3.05, 3.63) is 95.1 Å². The van der Waals surface area contributed by atoms with Gasteiger partial charge in [-0.1, -0.05) is 54.6 Å². The molecule has 0 radical (unpaired) electrons. The lowest BCUT2D eigenvalue weighted by Gasteiger charge is -2.34. The van der Waals surface area contributed by atoms with Crippen molar-refractivity contribution in [1.82, 2.24) is 9.80 Å². The van der Waals surface area contributed by atoms with E-state index >= 15 is 0 Å². The first-order valence-electron chi connectivity index (χ1n) is 12.0. The molecule has 0 unspecified atom stereocenters. The van der Waals surface area contributed by atoms with Crippen molar-refractivity contribution >= 4 is 17.5 Å². The summed E-state index contributed by atoms with van der Waals surface area (Å²) in [5.74, 6) is 0.0416. The van der Waals surface area contributed by atoms with Gasteiger partial charge in [0, 0.05) is 44.0 Å². The molecule has 0 aliphatic carbocycles. The van der Waals surface area contributed by atoms with E-state index < -0.39 is 0 Å². The first-order valence-corrected chi connectivity index (χ1v) is 12.0. The van der Waals surface area contributed by atoms with Crippen molar-refractivity contribution in [2.75, 3.05) is 52.2 Å². The van der Waals surface area contributed by atoms with Gasteiger partial charge in [-0.15, -0.1) is 0 Å². The molecule has 0 amide bonds. The molecule has 176 valence electrons. The van der Waals surface area contributed by atoms with Crippen molar-refractivity contribution < 1.29 is 4.79 Å². The van der Waals surface area contributed by atoms with Gasteiger partial charge in [-0.3, -0.25) is 4.79 Å². The molecule has 4 rings (SSSR count). The van der Waals surface area contributed by atoms with Crippen molar-refractivity contribution in [3.63, 3.8) is 0 Å². The van der Waals surface area contributed by atoms with E-state index in [1.807, 2.05) is 44.4 Å². The molecule has 0 bridgehead atoms. The number of piperazine rings is 1. The van der Waals surface area contributed by atoms with E-state index in [-0.39, 0.29) is 5.78 Å². The maximum absolute atomic E-state index is 13.1. The minimum atomic E-state index is 0.0416. The zero-order valence-electron chi connectivity index (χ0n) is 20.8.